The quantitative estimate of drug-likeness (QED) is 0.806. The number of aromatic nitrogens is 2. The third-order valence-electron chi connectivity index (χ3n) is 5.50. The van der Waals surface area contributed by atoms with Crippen molar-refractivity contribution in [1.82, 2.24) is 14.7 Å². The van der Waals surface area contributed by atoms with Gasteiger partial charge in [0.2, 0.25) is 0 Å². The van der Waals surface area contributed by atoms with Crippen LogP contribution in [0, 0.1) is 11.8 Å². The third-order valence-corrected chi connectivity index (χ3v) is 5.50. The Kier molecular flexibility index (Phi) is 3.76. The maximum absolute atomic E-state index is 5.99. The number of fused-ring (bicyclic) bond motifs is 1. The lowest BCUT2D eigenvalue weighted by Crippen LogP contribution is -2.40. The molecule has 1 aromatic heterocycles. The van der Waals surface area contributed by atoms with E-state index >= 15 is 0 Å². The van der Waals surface area contributed by atoms with Crippen LogP contribution in [0.1, 0.15) is 49.3 Å². The van der Waals surface area contributed by atoms with Gasteiger partial charge in [-0.1, -0.05) is 6.42 Å². The summed E-state index contributed by atoms with van der Waals surface area (Å²) in [5.74, 6) is 2.31. The van der Waals surface area contributed by atoms with Gasteiger partial charge < -0.3 is 4.74 Å². The summed E-state index contributed by atoms with van der Waals surface area (Å²) >= 11 is 0. The van der Waals surface area contributed by atoms with Crippen LogP contribution in [-0.4, -0.2) is 41.0 Å². The Morgan fingerprint density at radius 1 is 1.19 bits per heavy atom. The molecule has 3 aliphatic rings. The van der Waals surface area contributed by atoms with E-state index in [1.54, 1.807) is 0 Å². The summed E-state index contributed by atoms with van der Waals surface area (Å²) in [7, 11) is 2.08. The Morgan fingerprint density at radius 3 is 2.76 bits per heavy atom. The Bertz CT molecular complexity index is 490. The average Bonchev–Trinajstić information content (AvgIpc) is 3.18. The molecular formula is C17H27N3O. The zero-order chi connectivity index (χ0) is 14.2. The normalized spacial score (nSPS) is 26.6. The summed E-state index contributed by atoms with van der Waals surface area (Å²) in [6.07, 6.45) is 9.10. The van der Waals surface area contributed by atoms with Crippen molar-refractivity contribution in [2.75, 3.05) is 26.3 Å². The number of rotatable bonds is 6. The van der Waals surface area contributed by atoms with E-state index in [2.05, 4.69) is 27.9 Å². The van der Waals surface area contributed by atoms with Crippen molar-refractivity contribution in [3.05, 3.63) is 17.5 Å². The molecule has 4 nitrogen and oxygen atoms in total. The number of aryl methyl sites for hydroxylation is 1. The van der Waals surface area contributed by atoms with Crippen LogP contribution in [0.25, 0.3) is 0 Å². The van der Waals surface area contributed by atoms with E-state index < -0.39 is 0 Å². The minimum Gasteiger partial charge on any atom is -0.380 e. The molecule has 2 fully saturated rings. The molecule has 1 atom stereocenters. The second kappa shape index (κ2) is 5.73. The van der Waals surface area contributed by atoms with E-state index in [9.17, 15) is 0 Å². The fourth-order valence-corrected chi connectivity index (χ4v) is 3.68. The molecule has 1 aliphatic heterocycles. The fraction of sp³-hybridized carbons (Fsp3) is 0.824. The van der Waals surface area contributed by atoms with Crippen LogP contribution in [0.3, 0.4) is 0 Å². The SMILES string of the molecule is Cn1ncc2c1CN(CC1CCC1)C[C@@H]2COCC1CC1. The predicted octanol–water partition coefficient (Wildman–Crippen LogP) is 2.55. The molecule has 0 unspecified atom stereocenters. The summed E-state index contributed by atoms with van der Waals surface area (Å²) in [5, 5.41) is 4.49. The molecule has 0 amide bonds. The lowest BCUT2D eigenvalue weighted by atomic mass is 9.84. The highest BCUT2D eigenvalue weighted by molar-refractivity contribution is 5.26. The zero-order valence-corrected chi connectivity index (χ0v) is 13.1. The minimum atomic E-state index is 0.515. The molecular weight excluding hydrogens is 262 g/mol. The van der Waals surface area contributed by atoms with Crippen LogP contribution in [-0.2, 0) is 18.3 Å². The summed E-state index contributed by atoms with van der Waals surface area (Å²) in [4.78, 5) is 2.64. The Morgan fingerprint density at radius 2 is 2.05 bits per heavy atom. The smallest absolute Gasteiger partial charge is 0.0557 e. The van der Waals surface area contributed by atoms with E-state index in [4.69, 9.17) is 4.74 Å². The van der Waals surface area contributed by atoms with Gasteiger partial charge in [-0.05, 0) is 37.5 Å². The van der Waals surface area contributed by atoms with Gasteiger partial charge in [0, 0.05) is 44.8 Å². The van der Waals surface area contributed by atoms with Gasteiger partial charge >= 0.3 is 0 Å². The van der Waals surface area contributed by atoms with E-state index in [-0.39, 0.29) is 0 Å². The second-order valence-electron chi connectivity index (χ2n) is 7.34. The largest absolute Gasteiger partial charge is 0.380 e. The lowest BCUT2D eigenvalue weighted by Gasteiger charge is -2.37. The summed E-state index contributed by atoms with van der Waals surface area (Å²) < 4.78 is 8.06. The summed E-state index contributed by atoms with van der Waals surface area (Å²) in [5.41, 5.74) is 2.83. The highest BCUT2D eigenvalue weighted by Gasteiger charge is 2.31. The van der Waals surface area contributed by atoms with E-state index in [0.717, 1.165) is 38.1 Å². The molecule has 116 valence electrons. The van der Waals surface area contributed by atoms with Gasteiger partial charge in [-0.25, -0.2) is 0 Å². The molecule has 0 radical (unpaired) electrons. The van der Waals surface area contributed by atoms with Crippen LogP contribution in [0.2, 0.25) is 0 Å². The van der Waals surface area contributed by atoms with Crippen LogP contribution in [0.4, 0.5) is 0 Å². The van der Waals surface area contributed by atoms with Gasteiger partial charge in [-0.15, -0.1) is 0 Å². The number of hydrogen-bond acceptors (Lipinski definition) is 3. The summed E-state index contributed by atoms with van der Waals surface area (Å²) in [6, 6.07) is 0. The molecule has 4 rings (SSSR count). The molecule has 2 saturated carbocycles. The standard InChI is InChI=1S/C17H27N3O/c1-19-17-10-20(8-13-3-2-4-13)9-15(16(17)7-18-19)12-21-11-14-5-6-14/h7,13-15H,2-6,8-12H2,1H3/t15-/m1/s1. The topological polar surface area (TPSA) is 30.3 Å². The number of hydrogen-bond donors (Lipinski definition) is 0. The van der Waals surface area contributed by atoms with Crippen molar-refractivity contribution < 1.29 is 4.74 Å². The molecule has 0 bridgehead atoms. The first-order valence-corrected chi connectivity index (χ1v) is 8.60. The highest BCUT2D eigenvalue weighted by atomic mass is 16.5. The van der Waals surface area contributed by atoms with Crippen molar-refractivity contribution in [2.45, 2.75) is 44.6 Å². The Labute approximate surface area is 127 Å². The van der Waals surface area contributed by atoms with Crippen molar-refractivity contribution in [3.8, 4) is 0 Å². The van der Waals surface area contributed by atoms with Crippen LogP contribution in [0.15, 0.2) is 6.20 Å². The number of ether oxygens (including phenoxy) is 1. The van der Waals surface area contributed by atoms with Crippen molar-refractivity contribution in [3.63, 3.8) is 0 Å². The maximum atomic E-state index is 5.99. The first-order chi connectivity index (χ1) is 10.3. The maximum Gasteiger partial charge on any atom is 0.0557 e. The average molecular weight is 289 g/mol. The van der Waals surface area contributed by atoms with Gasteiger partial charge in [0.15, 0.2) is 0 Å². The minimum absolute atomic E-state index is 0.515. The van der Waals surface area contributed by atoms with Crippen LogP contribution >= 0.6 is 0 Å². The molecule has 2 heterocycles. The predicted molar refractivity (Wildman–Crippen MR) is 82.1 cm³/mol. The summed E-state index contributed by atoms with van der Waals surface area (Å²) in [6.45, 7) is 5.33. The van der Waals surface area contributed by atoms with Crippen LogP contribution in [0.5, 0.6) is 0 Å². The molecule has 4 heteroatoms. The molecule has 1 aromatic rings. The van der Waals surface area contributed by atoms with E-state index in [0.29, 0.717) is 5.92 Å². The van der Waals surface area contributed by atoms with Gasteiger partial charge in [0.1, 0.15) is 0 Å². The third kappa shape index (κ3) is 3.02. The molecule has 0 N–H and O–H groups in total. The first-order valence-electron chi connectivity index (χ1n) is 8.60. The first kappa shape index (κ1) is 13.8. The second-order valence-corrected chi connectivity index (χ2v) is 7.34. The zero-order valence-electron chi connectivity index (χ0n) is 13.1. The van der Waals surface area contributed by atoms with Gasteiger partial charge in [-0.2, -0.15) is 5.10 Å². The van der Waals surface area contributed by atoms with Gasteiger partial charge in [0.25, 0.3) is 0 Å². The molecule has 0 aromatic carbocycles. The highest BCUT2D eigenvalue weighted by Crippen LogP contribution is 2.33. The van der Waals surface area contributed by atoms with Crippen molar-refractivity contribution in [1.29, 1.82) is 0 Å². The molecule has 21 heavy (non-hydrogen) atoms. The monoisotopic (exact) mass is 289 g/mol. The Balaban J connectivity index is 1.41. The lowest BCUT2D eigenvalue weighted by molar-refractivity contribution is 0.0805. The van der Waals surface area contributed by atoms with Crippen molar-refractivity contribution in [2.24, 2.45) is 18.9 Å². The van der Waals surface area contributed by atoms with E-state index in [1.165, 1.54) is 49.9 Å². The molecule has 0 saturated heterocycles. The molecule has 0 spiro atoms. The fourth-order valence-electron chi connectivity index (χ4n) is 3.68. The van der Waals surface area contributed by atoms with Crippen molar-refractivity contribution >= 4 is 0 Å². The Hall–Kier alpha value is -0.870. The molecule has 2 aliphatic carbocycles. The van der Waals surface area contributed by atoms with E-state index in [1.807, 2.05) is 0 Å². The van der Waals surface area contributed by atoms with Gasteiger partial charge in [-0.3, -0.25) is 9.58 Å². The van der Waals surface area contributed by atoms with Crippen LogP contribution < -0.4 is 0 Å². The number of nitrogens with zero attached hydrogens (tertiary/aromatic N) is 3. The van der Waals surface area contributed by atoms with Gasteiger partial charge in [0.05, 0.1) is 18.5 Å².